The maximum absolute atomic E-state index is 6.08. The van der Waals surface area contributed by atoms with Crippen LogP contribution in [0.4, 0.5) is 0 Å². The zero-order chi connectivity index (χ0) is 9.00. The lowest BCUT2D eigenvalue weighted by Gasteiger charge is -1.94. The van der Waals surface area contributed by atoms with Crippen molar-refractivity contribution in [2.45, 2.75) is 0 Å². The molecule has 1 nitrogen and oxygen atoms in total. The highest BCUT2D eigenvalue weighted by atomic mass is 127. The Morgan fingerprint density at radius 3 is 3.00 bits per heavy atom. The monoisotopic (exact) mass is 302 g/mol. The summed E-state index contributed by atoms with van der Waals surface area (Å²) >= 11 is 8.34. The van der Waals surface area contributed by atoms with Gasteiger partial charge in [-0.05, 0) is 34.7 Å². The Balaban J connectivity index is 2.69. The fraction of sp³-hybridized carbons (Fsp3) is 0. The van der Waals surface area contributed by atoms with Crippen LogP contribution in [-0.2, 0) is 0 Å². The van der Waals surface area contributed by atoms with Crippen LogP contribution in [0, 0.1) is 3.57 Å². The van der Waals surface area contributed by atoms with E-state index in [0.29, 0.717) is 0 Å². The minimum Gasteiger partial charge on any atom is -0.455 e. The Bertz CT molecular complexity index is 584. The van der Waals surface area contributed by atoms with E-state index in [2.05, 4.69) is 22.6 Å². The summed E-state index contributed by atoms with van der Waals surface area (Å²) in [6, 6.07) is 7.90. The second-order valence-corrected chi connectivity index (χ2v) is 4.52. The molecule has 64 valence electrons. The van der Waals surface area contributed by atoms with E-state index in [-0.39, 0.29) is 0 Å². The van der Waals surface area contributed by atoms with E-state index >= 15 is 0 Å². The normalized spacial score (nSPS) is 11.8. The van der Waals surface area contributed by atoms with Crippen LogP contribution < -0.4 is 0 Å². The molecule has 1 aromatic carbocycles. The van der Waals surface area contributed by atoms with Crippen molar-refractivity contribution in [2.75, 3.05) is 0 Å². The van der Waals surface area contributed by atoms with E-state index in [1.165, 1.54) is 0 Å². The number of hydrogen-bond donors (Lipinski definition) is 0. The molecule has 0 saturated carbocycles. The van der Waals surface area contributed by atoms with Gasteiger partial charge in [-0.1, -0.05) is 23.7 Å². The standard InChI is InChI=1S/C10H4ClIO/c11-6-3-1-2-5-8-4-7(12)10(13-8)9(5)6/h1-4H. The van der Waals surface area contributed by atoms with E-state index in [9.17, 15) is 0 Å². The minimum atomic E-state index is 0.768. The summed E-state index contributed by atoms with van der Waals surface area (Å²) in [5.74, 6) is 0. The Morgan fingerprint density at radius 1 is 1.31 bits per heavy atom. The van der Waals surface area contributed by atoms with Gasteiger partial charge in [-0.2, -0.15) is 0 Å². The lowest BCUT2D eigenvalue weighted by molar-refractivity contribution is 0.678. The first kappa shape index (κ1) is 7.88. The predicted molar refractivity (Wildman–Crippen MR) is 62.6 cm³/mol. The van der Waals surface area contributed by atoms with E-state index < -0.39 is 0 Å². The number of hydrogen-bond acceptors (Lipinski definition) is 1. The van der Waals surface area contributed by atoms with Crippen molar-refractivity contribution >= 4 is 56.1 Å². The van der Waals surface area contributed by atoms with Gasteiger partial charge in [0.15, 0.2) is 0 Å². The average molecular weight is 302 g/mol. The van der Waals surface area contributed by atoms with Gasteiger partial charge in [0, 0.05) is 10.8 Å². The van der Waals surface area contributed by atoms with Gasteiger partial charge < -0.3 is 4.42 Å². The molecule has 0 unspecified atom stereocenters. The molecule has 3 heteroatoms. The lowest BCUT2D eigenvalue weighted by atomic mass is 10.1. The van der Waals surface area contributed by atoms with E-state index in [4.69, 9.17) is 16.0 Å². The molecule has 2 aromatic heterocycles. The minimum absolute atomic E-state index is 0.768. The average Bonchev–Trinajstić information content (AvgIpc) is 2.62. The predicted octanol–water partition coefficient (Wildman–Crippen LogP) is 4.28. The molecule has 0 N–H and O–H groups in total. The maximum Gasteiger partial charge on any atom is 0.150 e. The first-order valence-electron chi connectivity index (χ1n) is 3.86. The number of furan rings is 2. The molecule has 3 rings (SSSR count). The summed E-state index contributed by atoms with van der Waals surface area (Å²) in [6.07, 6.45) is 0. The van der Waals surface area contributed by atoms with Crippen molar-refractivity contribution in [1.82, 2.24) is 0 Å². The van der Waals surface area contributed by atoms with Gasteiger partial charge in [0.05, 0.1) is 8.59 Å². The van der Waals surface area contributed by atoms with Crippen LogP contribution in [0.5, 0.6) is 0 Å². The van der Waals surface area contributed by atoms with Gasteiger partial charge in [0.25, 0.3) is 0 Å². The zero-order valence-electron chi connectivity index (χ0n) is 6.47. The highest BCUT2D eigenvalue weighted by Gasteiger charge is 2.15. The Labute approximate surface area is 93.1 Å². The third-order valence-corrected chi connectivity index (χ3v) is 3.31. The SMILES string of the molecule is Clc1cccc2c3cc(I)c(o3)c12. The molecule has 0 fully saturated rings. The first-order valence-corrected chi connectivity index (χ1v) is 5.31. The Morgan fingerprint density at radius 2 is 2.15 bits per heavy atom. The number of fused-ring (bicyclic) bond motifs is 5. The molecule has 2 bridgehead atoms. The molecule has 0 aliphatic heterocycles. The highest BCUT2D eigenvalue weighted by molar-refractivity contribution is 14.1. The summed E-state index contributed by atoms with van der Waals surface area (Å²) in [6.45, 7) is 0. The summed E-state index contributed by atoms with van der Waals surface area (Å²) < 4.78 is 6.72. The molecule has 3 aromatic rings. The van der Waals surface area contributed by atoms with Crippen molar-refractivity contribution in [3.05, 3.63) is 32.9 Å². The quantitative estimate of drug-likeness (QED) is 0.565. The van der Waals surface area contributed by atoms with Crippen LogP contribution in [0.15, 0.2) is 28.7 Å². The molecular formula is C10H4ClIO. The van der Waals surface area contributed by atoms with Crippen molar-refractivity contribution < 1.29 is 4.42 Å². The van der Waals surface area contributed by atoms with Crippen LogP contribution in [0.25, 0.3) is 21.9 Å². The molecule has 13 heavy (non-hydrogen) atoms. The Hall–Kier alpha value is -0.480. The molecule has 0 aliphatic carbocycles. The molecule has 0 aliphatic rings. The Kier molecular flexibility index (Phi) is 1.52. The smallest absolute Gasteiger partial charge is 0.150 e. The maximum atomic E-state index is 6.08. The van der Waals surface area contributed by atoms with Gasteiger partial charge >= 0.3 is 0 Å². The molecule has 0 amide bonds. The second-order valence-electron chi connectivity index (χ2n) is 2.95. The van der Waals surface area contributed by atoms with Crippen molar-refractivity contribution in [3.8, 4) is 0 Å². The van der Waals surface area contributed by atoms with E-state index in [1.54, 1.807) is 0 Å². The van der Waals surface area contributed by atoms with Gasteiger partial charge in [0.2, 0.25) is 0 Å². The fourth-order valence-corrected chi connectivity index (χ4v) is 2.56. The summed E-state index contributed by atoms with van der Waals surface area (Å²) in [4.78, 5) is 0. The molecule has 2 heterocycles. The van der Waals surface area contributed by atoms with Crippen LogP contribution in [0.3, 0.4) is 0 Å². The van der Waals surface area contributed by atoms with Crippen molar-refractivity contribution in [2.24, 2.45) is 0 Å². The van der Waals surface area contributed by atoms with Crippen molar-refractivity contribution in [3.63, 3.8) is 0 Å². The van der Waals surface area contributed by atoms with Crippen LogP contribution in [-0.4, -0.2) is 0 Å². The van der Waals surface area contributed by atoms with E-state index in [0.717, 1.165) is 30.5 Å². The molecule has 0 saturated heterocycles. The summed E-state index contributed by atoms with van der Waals surface area (Å²) in [7, 11) is 0. The topological polar surface area (TPSA) is 13.1 Å². The highest BCUT2D eigenvalue weighted by Crippen LogP contribution is 2.38. The second kappa shape index (κ2) is 2.51. The first-order chi connectivity index (χ1) is 6.27. The third kappa shape index (κ3) is 0.929. The number of rotatable bonds is 0. The molecule has 0 atom stereocenters. The molecule has 0 radical (unpaired) electrons. The van der Waals surface area contributed by atoms with Crippen LogP contribution >= 0.6 is 34.2 Å². The molecule has 0 spiro atoms. The summed E-state index contributed by atoms with van der Waals surface area (Å²) in [5, 5.41) is 2.93. The zero-order valence-corrected chi connectivity index (χ0v) is 9.39. The lowest BCUT2D eigenvalue weighted by Crippen LogP contribution is -1.73. The fourth-order valence-electron chi connectivity index (χ4n) is 1.63. The van der Waals surface area contributed by atoms with Crippen LogP contribution in [0.1, 0.15) is 0 Å². The van der Waals surface area contributed by atoms with Crippen LogP contribution in [0.2, 0.25) is 5.02 Å². The van der Waals surface area contributed by atoms with Gasteiger partial charge in [0.1, 0.15) is 11.2 Å². The largest absolute Gasteiger partial charge is 0.455 e. The van der Waals surface area contributed by atoms with Crippen molar-refractivity contribution in [1.29, 1.82) is 0 Å². The van der Waals surface area contributed by atoms with Gasteiger partial charge in [-0.25, -0.2) is 0 Å². The van der Waals surface area contributed by atoms with E-state index in [1.807, 2.05) is 24.3 Å². The number of halogens is 2. The number of benzene rings is 2. The van der Waals surface area contributed by atoms with Gasteiger partial charge in [-0.15, -0.1) is 0 Å². The molecular weight excluding hydrogens is 298 g/mol. The van der Waals surface area contributed by atoms with Gasteiger partial charge in [-0.3, -0.25) is 0 Å². The third-order valence-electron chi connectivity index (χ3n) is 2.19. The summed E-state index contributed by atoms with van der Waals surface area (Å²) in [5.41, 5.74) is 1.84.